The maximum Gasteiger partial charge on any atom is 0.586 e. The largest absolute Gasteiger partial charge is 0.586 e. The van der Waals surface area contributed by atoms with E-state index in [9.17, 15) is 19.4 Å². The molecule has 0 amide bonds. The van der Waals surface area contributed by atoms with Gasteiger partial charge in [0, 0.05) is 0 Å². The highest BCUT2D eigenvalue weighted by atomic mass is 32.2. The predicted molar refractivity (Wildman–Crippen MR) is 155 cm³/mol. The highest BCUT2D eigenvalue weighted by molar-refractivity contribution is 7.99. The summed E-state index contributed by atoms with van der Waals surface area (Å²) in [4.78, 5) is 21.2. The lowest BCUT2D eigenvalue weighted by molar-refractivity contribution is -0.221. The van der Waals surface area contributed by atoms with Crippen molar-refractivity contribution in [2.45, 2.75) is 148 Å². The minimum absolute atomic E-state index is 0.0546. The molecule has 4 atom stereocenters. The zero-order valence-electron chi connectivity index (χ0n) is 24.0. The van der Waals surface area contributed by atoms with Crippen molar-refractivity contribution < 1.29 is 28.8 Å². The molecule has 0 bridgehead atoms. The van der Waals surface area contributed by atoms with Crippen molar-refractivity contribution in [2.75, 3.05) is 18.1 Å². The van der Waals surface area contributed by atoms with Crippen LogP contribution < -0.4 is 0 Å². The first-order valence-electron chi connectivity index (χ1n) is 15.2. The molecule has 1 aliphatic rings. The van der Waals surface area contributed by atoms with Gasteiger partial charge in [-0.2, -0.15) is 16.7 Å². The number of hydrogen-bond donors (Lipinski definition) is 2. The fourth-order valence-corrected chi connectivity index (χ4v) is 7.18. The summed E-state index contributed by atoms with van der Waals surface area (Å²) >= 11 is 2.15. The van der Waals surface area contributed by atoms with Crippen molar-refractivity contribution in [1.82, 2.24) is 0 Å². The zero-order valence-corrected chi connectivity index (χ0v) is 25.7. The van der Waals surface area contributed by atoms with E-state index in [1.807, 2.05) is 6.92 Å². The molecule has 0 aromatic heterocycles. The van der Waals surface area contributed by atoms with Crippen LogP contribution >= 0.6 is 19.8 Å². The second-order valence-corrected chi connectivity index (χ2v) is 13.3. The lowest BCUT2D eigenvalue weighted by Crippen LogP contribution is -2.43. The van der Waals surface area contributed by atoms with Crippen molar-refractivity contribution in [1.29, 1.82) is 0 Å². The molecule has 0 aliphatic heterocycles. The molecule has 0 saturated heterocycles. The first kappa shape index (κ1) is 34.8. The lowest BCUT2D eigenvalue weighted by atomic mass is 9.84. The maximum absolute atomic E-state index is 11.7. The van der Waals surface area contributed by atoms with Crippen molar-refractivity contribution in [2.24, 2.45) is 11.8 Å². The van der Waals surface area contributed by atoms with Gasteiger partial charge in [-0.25, -0.2) is 4.79 Å². The van der Waals surface area contributed by atoms with Gasteiger partial charge in [-0.15, -0.1) is 0 Å². The molecule has 4 unspecified atom stereocenters. The molecule has 1 rings (SSSR count). The van der Waals surface area contributed by atoms with Crippen molar-refractivity contribution in [3.63, 3.8) is 0 Å². The Morgan fingerprint density at radius 2 is 1.54 bits per heavy atom. The van der Waals surface area contributed by atoms with Gasteiger partial charge in [0.05, 0.1) is 12.7 Å². The van der Waals surface area contributed by atoms with Crippen LogP contribution in [-0.4, -0.2) is 45.7 Å². The summed E-state index contributed by atoms with van der Waals surface area (Å²) in [5, 5.41) is 9.45. The molecule has 218 valence electrons. The summed E-state index contributed by atoms with van der Waals surface area (Å²) in [5.74, 6) is 3.02. The van der Waals surface area contributed by atoms with E-state index in [0.29, 0.717) is 12.8 Å². The minimum atomic E-state index is -3.17. The van der Waals surface area contributed by atoms with E-state index in [1.165, 1.54) is 95.0 Å². The second kappa shape index (κ2) is 21.6. The normalized spacial score (nSPS) is 18.0. The SMILES string of the molecule is CCCCCCC(CCSCCCCCCCCC(C)OC(OCCC)(C(=O)O)[P+](=O)O)C1CCCC1. The van der Waals surface area contributed by atoms with Crippen molar-refractivity contribution in [3.05, 3.63) is 0 Å². The molecule has 6 nitrogen and oxygen atoms in total. The van der Waals surface area contributed by atoms with E-state index >= 15 is 0 Å². The summed E-state index contributed by atoms with van der Waals surface area (Å²) in [6, 6.07) is 0. The smallest absolute Gasteiger partial charge is 0.474 e. The van der Waals surface area contributed by atoms with Crippen LogP contribution in [0.15, 0.2) is 0 Å². The van der Waals surface area contributed by atoms with Gasteiger partial charge in [0.1, 0.15) is 0 Å². The molecule has 37 heavy (non-hydrogen) atoms. The molecule has 0 aromatic carbocycles. The summed E-state index contributed by atoms with van der Waals surface area (Å²) in [6.07, 6.45) is 21.9. The molecule has 0 aromatic rings. The van der Waals surface area contributed by atoms with Gasteiger partial charge >= 0.3 is 19.5 Å². The Bertz CT molecular complexity index is 585. The molecule has 0 spiro atoms. The average Bonchev–Trinajstić information content (AvgIpc) is 3.40. The van der Waals surface area contributed by atoms with E-state index in [2.05, 4.69) is 18.7 Å². The Hall–Kier alpha value is -0.200. The number of thioether (sulfide) groups is 1. The van der Waals surface area contributed by atoms with Crippen LogP contribution in [0.5, 0.6) is 0 Å². The van der Waals surface area contributed by atoms with E-state index < -0.39 is 25.6 Å². The monoisotopic (exact) mass is 563 g/mol. The van der Waals surface area contributed by atoms with Crippen LogP contribution in [-0.2, 0) is 18.8 Å². The van der Waals surface area contributed by atoms with Crippen LogP contribution in [0.3, 0.4) is 0 Å². The summed E-state index contributed by atoms with van der Waals surface area (Å²) in [5.41, 5.74) is -2.46. The Morgan fingerprint density at radius 1 is 0.919 bits per heavy atom. The van der Waals surface area contributed by atoms with Crippen LogP contribution in [0.1, 0.15) is 136 Å². The molecule has 1 aliphatic carbocycles. The minimum Gasteiger partial charge on any atom is -0.474 e. The summed E-state index contributed by atoms with van der Waals surface area (Å²) in [6.45, 7) is 5.90. The Labute approximate surface area is 232 Å². The van der Waals surface area contributed by atoms with Crippen molar-refractivity contribution in [3.8, 4) is 0 Å². The lowest BCUT2D eigenvalue weighted by Gasteiger charge is -2.23. The van der Waals surface area contributed by atoms with Gasteiger partial charge in [0.15, 0.2) is 0 Å². The fraction of sp³-hybridized carbons (Fsp3) is 0.966. The fourth-order valence-electron chi connectivity index (χ4n) is 5.46. The van der Waals surface area contributed by atoms with Crippen LogP contribution in [0, 0.1) is 11.8 Å². The topological polar surface area (TPSA) is 93.1 Å². The average molecular weight is 564 g/mol. The maximum atomic E-state index is 11.7. The van der Waals surface area contributed by atoms with Gasteiger partial charge < -0.3 is 5.11 Å². The summed E-state index contributed by atoms with van der Waals surface area (Å²) in [7, 11) is -3.17. The van der Waals surface area contributed by atoms with Crippen LogP contribution in [0.2, 0.25) is 0 Å². The van der Waals surface area contributed by atoms with Crippen LogP contribution in [0.25, 0.3) is 0 Å². The van der Waals surface area contributed by atoms with Gasteiger partial charge in [0.2, 0.25) is 0 Å². The molecule has 1 saturated carbocycles. The number of carbonyl (C=O) groups is 1. The Balaban J connectivity index is 2.11. The number of carboxylic acid groups (broad SMARTS) is 1. The summed E-state index contributed by atoms with van der Waals surface area (Å²) < 4.78 is 22.4. The Morgan fingerprint density at radius 3 is 2.16 bits per heavy atom. The molecular weight excluding hydrogens is 507 g/mol. The quantitative estimate of drug-likeness (QED) is 0.0650. The number of aliphatic carboxylic acids is 1. The van der Waals surface area contributed by atoms with E-state index in [1.54, 1.807) is 6.92 Å². The van der Waals surface area contributed by atoms with Gasteiger partial charge in [-0.05, 0) is 60.5 Å². The van der Waals surface area contributed by atoms with E-state index in [0.717, 1.165) is 31.1 Å². The zero-order chi connectivity index (χ0) is 27.4. The highest BCUT2D eigenvalue weighted by Crippen LogP contribution is 2.40. The van der Waals surface area contributed by atoms with E-state index in [4.69, 9.17) is 9.47 Å². The predicted octanol–water partition coefficient (Wildman–Crippen LogP) is 8.92. The number of carboxylic acids is 1. The molecule has 2 N–H and O–H groups in total. The third-order valence-corrected chi connectivity index (χ3v) is 9.69. The third kappa shape index (κ3) is 14.7. The molecular formula is C29H56O6PS+. The Kier molecular flexibility index (Phi) is 20.3. The highest BCUT2D eigenvalue weighted by Gasteiger charge is 2.62. The number of unbranched alkanes of at least 4 members (excludes halogenated alkanes) is 8. The van der Waals surface area contributed by atoms with Gasteiger partial charge in [-0.1, -0.05) is 104 Å². The standard InChI is InChI=1S/C29H55O6PS/c1-4-6-7-13-18-27(26-19-14-15-20-26)21-24-37-23-16-11-9-8-10-12-17-25(3)35-29(28(30)31,36(32)33)34-22-5-2/h25-27H,4-24H2,1-3H3,(H-,30,31,32,33)/p+1. The second-order valence-electron chi connectivity index (χ2n) is 10.9. The van der Waals surface area contributed by atoms with Crippen LogP contribution in [0.4, 0.5) is 0 Å². The van der Waals surface area contributed by atoms with E-state index in [-0.39, 0.29) is 6.61 Å². The van der Waals surface area contributed by atoms with Gasteiger partial charge in [-0.3, -0.25) is 9.47 Å². The molecule has 8 heteroatoms. The number of hydrogen-bond acceptors (Lipinski definition) is 5. The van der Waals surface area contributed by atoms with Crippen molar-refractivity contribution >= 4 is 25.8 Å². The number of ether oxygens (including phenoxy) is 2. The third-order valence-electron chi connectivity index (χ3n) is 7.66. The number of rotatable bonds is 25. The molecule has 0 radical (unpaired) electrons. The molecule has 0 heterocycles. The first-order valence-corrected chi connectivity index (χ1v) is 17.5. The van der Waals surface area contributed by atoms with Gasteiger partial charge in [0.25, 0.3) is 0 Å². The molecule has 1 fully saturated rings. The first-order chi connectivity index (χ1) is 17.9.